The molecule has 0 bridgehead atoms. The van der Waals surface area contributed by atoms with Gasteiger partial charge in [-0.25, -0.2) is 0 Å². The van der Waals surface area contributed by atoms with Crippen LogP contribution < -0.4 is 9.64 Å². The van der Waals surface area contributed by atoms with Crippen LogP contribution in [-0.4, -0.2) is 18.0 Å². The number of pyridine rings is 1. The normalized spacial score (nSPS) is 13.6. The van der Waals surface area contributed by atoms with E-state index in [9.17, 15) is 4.79 Å². The molecule has 1 aromatic carbocycles. The van der Waals surface area contributed by atoms with Crippen LogP contribution in [-0.2, 0) is 6.54 Å². The van der Waals surface area contributed by atoms with Gasteiger partial charge in [-0.1, -0.05) is 6.07 Å². The molecule has 1 amide bonds. The first-order valence-corrected chi connectivity index (χ1v) is 6.10. The molecule has 0 spiro atoms. The van der Waals surface area contributed by atoms with E-state index in [1.807, 2.05) is 31.2 Å². The maximum absolute atomic E-state index is 12.4. The maximum atomic E-state index is 12.4. The van der Waals surface area contributed by atoms with E-state index in [0.717, 1.165) is 16.9 Å². The molecule has 0 unspecified atom stereocenters. The van der Waals surface area contributed by atoms with Gasteiger partial charge >= 0.3 is 0 Å². The fourth-order valence-electron chi connectivity index (χ4n) is 2.24. The Hall–Kier alpha value is -2.36. The Morgan fingerprint density at radius 2 is 2.11 bits per heavy atom. The lowest BCUT2D eigenvalue weighted by molar-refractivity contribution is 0.0996. The molecule has 0 radical (unpaired) electrons. The number of carbonyl (C=O) groups excluding carboxylic acids is 1. The van der Waals surface area contributed by atoms with Crippen molar-refractivity contribution in [2.75, 3.05) is 12.0 Å². The molecule has 2 aromatic rings. The second kappa shape index (κ2) is 4.39. The van der Waals surface area contributed by atoms with Crippen molar-refractivity contribution >= 4 is 11.6 Å². The molecule has 0 fully saturated rings. The Kier molecular flexibility index (Phi) is 2.71. The second-order valence-electron chi connectivity index (χ2n) is 4.57. The van der Waals surface area contributed by atoms with Gasteiger partial charge < -0.3 is 9.64 Å². The van der Waals surface area contributed by atoms with Crippen LogP contribution in [0.3, 0.4) is 0 Å². The number of benzene rings is 1. The highest BCUT2D eigenvalue weighted by Gasteiger charge is 2.28. The topological polar surface area (TPSA) is 42.4 Å². The number of hydrogen-bond donors (Lipinski definition) is 0. The van der Waals surface area contributed by atoms with Crippen molar-refractivity contribution < 1.29 is 9.53 Å². The molecule has 0 atom stereocenters. The fourth-order valence-corrected chi connectivity index (χ4v) is 2.24. The molecule has 96 valence electrons. The zero-order valence-corrected chi connectivity index (χ0v) is 10.9. The third-order valence-corrected chi connectivity index (χ3v) is 3.33. The molecule has 4 heteroatoms. The minimum absolute atomic E-state index is 0.000414. The van der Waals surface area contributed by atoms with Crippen LogP contribution in [0.4, 0.5) is 5.69 Å². The monoisotopic (exact) mass is 254 g/mol. The number of hydrogen-bond acceptors (Lipinski definition) is 3. The minimum atomic E-state index is -0.000414. The molecule has 0 N–H and O–H groups in total. The summed E-state index contributed by atoms with van der Waals surface area (Å²) in [5.41, 5.74) is 3.49. The average Bonchev–Trinajstić information content (AvgIpc) is 2.76. The van der Waals surface area contributed by atoms with Crippen LogP contribution in [0.15, 0.2) is 36.5 Å². The second-order valence-corrected chi connectivity index (χ2v) is 4.57. The summed E-state index contributed by atoms with van der Waals surface area (Å²) in [6.07, 6.45) is 1.73. The fraction of sp³-hybridized carbons (Fsp3) is 0.200. The van der Waals surface area contributed by atoms with Crippen molar-refractivity contribution in [3.63, 3.8) is 0 Å². The maximum Gasteiger partial charge on any atom is 0.259 e. The smallest absolute Gasteiger partial charge is 0.259 e. The quantitative estimate of drug-likeness (QED) is 0.827. The lowest BCUT2D eigenvalue weighted by atomic mass is 10.1. The van der Waals surface area contributed by atoms with Gasteiger partial charge in [0.1, 0.15) is 5.75 Å². The minimum Gasteiger partial charge on any atom is -0.497 e. The van der Waals surface area contributed by atoms with Crippen LogP contribution in [0.1, 0.15) is 21.6 Å². The van der Waals surface area contributed by atoms with Gasteiger partial charge in [-0.15, -0.1) is 0 Å². The Balaban J connectivity index is 1.97. The van der Waals surface area contributed by atoms with Crippen LogP contribution in [0.25, 0.3) is 0 Å². The highest BCUT2D eigenvalue weighted by molar-refractivity contribution is 6.10. The number of fused-ring (bicyclic) bond motifs is 1. The van der Waals surface area contributed by atoms with Crippen LogP contribution in [0, 0.1) is 6.92 Å². The predicted octanol–water partition coefficient (Wildman–Crippen LogP) is 2.56. The van der Waals surface area contributed by atoms with Crippen molar-refractivity contribution in [2.45, 2.75) is 13.5 Å². The number of anilines is 1. The van der Waals surface area contributed by atoms with Gasteiger partial charge in [-0.05, 0) is 36.8 Å². The van der Waals surface area contributed by atoms with Gasteiger partial charge in [0.25, 0.3) is 5.91 Å². The van der Waals surface area contributed by atoms with Gasteiger partial charge in [0.2, 0.25) is 0 Å². The van der Waals surface area contributed by atoms with E-state index < -0.39 is 0 Å². The summed E-state index contributed by atoms with van der Waals surface area (Å²) in [6, 6.07) is 9.44. The van der Waals surface area contributed by atoms with Crippen molar-refractivity contribution in [1.82, 2.24) is 4.98 Å². The van der Waals surface area contributed by atoms with Crippen molar-refractivity contribution in [3.8, 4) is 5.75 Å². The number of ether oxygens (including phenoxy) is 1. The first kappa shape index (κ1) is 11.7. The average molecular weight is 254 g/mol. The van der Waals surface area contributed by atoms with Crippen molar-refractivity contribution in [1.29, 1.82) is 0 Å². The number of rotatable bonds is 2. The highest BCUT2D eigenvalue weighted by Crippen LogP contribution is 2.30. The largest absolute Gasteiger partial charge is 0.497 e. The van der Waals surface area contributed by atoms with Crippen molar-refractivity contribution in [3.05, 3.63) is 53.3 Å². The number of carbonyl (C=O) groups is 1. The summed E-state index contributed by atoms with van der Waals surface area (Å²) in [5.74, 6) is 0.704. The number of nitrogens with zero attached hydrogens (tertiary/aromatic N) is 2. The summed E-state index contributed by atoms with van der Waals surface area (Å²) < 4.78 is 5.16. The van der Waals surface area contributed by atoms with E-state index in [4.69, 9.17) is 4.74 Å². The van der Waals surface area contributed by atoms with Crippen LogP contribution in [0.2, 0.25) is 0 Å². The van der Waals surface area contributed by atoms with Crippen molar-refractivity contribution in [2.24, 2.45) is 0 Å². The SMILES string of the molecule is COc1ccc2c(c1)C(=O)N(c1ccc(C)nc1)C2. The molecular formula is C15H14N2O2. The first-order chi connectivity index (χ1) is 9.19. The third kappa shape index (κ3) is 1.95. The molecule has 3 rings (SSSR count). The molecule has 0 aliphatic carbocycles. The van der Waals surface area contributed by atoms with E-state index in [-0.39, 0.29) is 5.91 Å². The lowest BCUT2D eigenvalue weighted by Crippen LogP contribution is -2.23. The van der Waals surface area contributed by atoms with Gasteiger partial charge in [0.05, 0.1) is 25.5 Å². The van der Waals surface area contributed by atoms with Crippen LogP contribution in [0.5, 0.6) is 5.75 Å². The number of methoxy groups -OCH3 is 1. The predicted molar refractivity (Wildman–Crippen MR) is 72.5 cm³/mol. The molecule has 19 heavy (non-hydrogen) atoms. The third-order valence-electron chi connectivity index (χ3n) is 3.33. The highest BCUT2D eigenvalue weighted by atomic mass is 16.5. The van der Waals surface area contributed by atoms with Gasteiger partial charge in [0, 0.05) is 11.3 Å². The summed E-state index contributed by atoms with van der Waals surface area (Å²) in [4.78, 5) is 18.4. The Labute approximate surface area is 111 Å². The molecule has 2 heterocycles. The first-order valence-electron chi connectivity index (χ1n) is 6.10. The summed E-state index contributed by atoms with van der Waals surface area (Å²) in [7, 11) is 1.60. The molecule has 4 nitrogen and oxygen atoms in total. The molecule has 1 aromatic heterocycles. The zero-order valence-electron chi connectivity index (χ0n) is 10.9. The molecular weight excluding hydrogens is 240 g/mol. The Bertz CT molecular complexity index is 635. The van der Waals surface area contributed by atoms with Gasteiger partial charge in [0.15, 0.2) is 0 Å². The standard InChI is InChI=1S/C15H14N2O2/c1-10-3-5-12(8-16-10)17-9-11-4-6-13(19-2)7-14(11)15(17)18/h3-8H,9H2,1-2H3. The Morgan fingerprint density at radius 1 is 1.26 bits per heavy atom. The number of aryl methyl sites for hydroxylation is 1. The van der Waals surface area contributed by atoms with Gasteiger partial charge in [-0.3, -0.25) is 9.78 Å². The summed E-state index contributed by atoms with van der Waals surface area (Å²) in [5, 5.41) is 0. The molecule has 1 aliphatic rings. The number of aromatic nitrogens is 1. The molecule has 0 saturated carbocycles. The van der Waals surface area contributed by atoms with Gasteiger partial charge in [-0.2, -0.15) is 0 Å². The van der Waals surface area contributed by atoms with E-state index >= 15 is 0 Å². The molecule has 0 saturated heterocycles. The number of amides is 1. The van der Waals surface area contributed by atoms with Crippen LogP contribution >= 0.6 is 0 Å². The molecule has 1 aliphatic heterocycles. The van der Waals surface area contributed by atoms with E-state index in [2.05, 4.69) is 4.98 Å². The van der Waals surface area contributed by atoms with E-state index in [0.29, 0.717) is 17.9 Å². The van der Waals surface area contributed by atoms with E-state index in [1.165, 1.54) is 0 Å². The Morgan fingerprint density at radius 3 is 2.79 bits per heavy atom. The summed E-state index contributed by atoms with van der Waals surface area (Å²) in [6.45, 7) is 2.51. The zero-order chi connectivity index (χ0) is 13.4. The van der Waals surface area contributed by atoms with E-state index in [1.54, 1.807) is 24.3 Å². The summed E-state index contributed by atoms with van der Waals surface area (Å²) >= 11 is 0. The lowest BCUT2D eigenvalue weighted by Gasteiger charge is -2.15.